The van der Waals surface area contributed by atoms with Gasteiger partial charge in [0.2, 0.25) is 0 Å². The maximum absolute atomic E-state index is 13.0. The molecule has 0 radical (unpaired) electrons. The van der Waals surface area contributed by atoms with Gasteiger partial charge >= 0.3 is 17.9 Å². The maximum Gasteiger partial charge on any atom is 0.306 e. The highest BCUT2D eigenvalue weighted by Gasteiger charge is 2.19. The number of carbonyl (C=O) groups is 3. The lowest BCUT2D eigenvalue weighted by Crippen LogP contribution is -2.30. The van der Waals surface area contributed by atoms with Crippen molar-refractivity contribution in [1.82, 2.24) is 0 Å². The minimum Gasteiger partial charge on any atom is -0.462 e. The van der Waals surface area contributed by atoms with Gasteiger partial charge in [0.15, 0.2) is 6.10 Å². The summed E-state index contributed by atoms with van der Waals surface area (Å²) in [5.74, 6) is -0.870. The van der Waals surface area contributed by atoms with Gasteiger partial charge in [-0.1, -0.05) is 365 Å². The van der Waals surface area contributed by atoms with Crippen molar-refractivity contribution >= 4 is 17.9 Å². The van der Waals surface area contributed by atoms with Crippen molar-refractivity contribution < 1.29 is 28.6 Å². The molecule has 0 amide bonds. The lowest BCUT2D eigenvalue weighted by molar-refractivity contribution is -0.167. The summed E-state index contributed by atoms with van der Waals surface area (Å²) in [5, 5.41) is 0. The molecule has 0 saturated carbocycles. The van der Waals surface area contributed by atoms with Gasteiger partial charge in [0, 0.05) is 19.3 Å². The fourth-order valence-corrected chi connectivity index (χ4v) is 11.0. The van der Waals surface area contributed by atoms with E-state index in [1.807, 2.05) is 0 Å². The van der Waals surface area contributed by atoms with Crippen molar-refractivity contribution in [3.05, 3.63) is 48.6 Å². The highest BCUT2D eigenvalue weighted by molar-refractivity contribution is 5.71. The zero-order chi connectivity index (χ0) is 58.5. The van der Waals surface area contributed by atoms with Crippen LogP contribution in [-0.4, -0.2) is 37.2 Å². The van der Waals surface area contributed by atoms with E-state index in [4.69, 9.17) is 14.2 Å². The molecule has 0 saturated heterocycles. The molecule has 6 nitrogen and oxygen atoms in total. The number of hydrogen-bond donors (Lipinski definition) is 0. The Morgan fingerprint density at radius 1 is 0.259 bits per heavy atom. The van der Waals surface area contributed by atoms with Gasteiger partial charge < -0.3 is 14.2 Å². The predicted octanol–water partition coefficient (Wildman–Crippen LogP) is 24.9. The zero-order valence-corrected chi connectivity index (χ0v) is 54.6. The number of rotatable bonds is 67. The summed E-state index contributed by atoms with van der Waals surface area (Å²) in [4.78, 5) is 38.5. The third-order valence-corrected chi connectivity index (χ3v) is 16.3. The predicted molar refractivity (Wildman–Crippen MR) is 353 cm³/mol. The van der Waals surface area contributed by atoms with Crippen LogP contribution in [-0.2, 0) is 28.6 Å². The Morgan fingerprint density at radius 3 is 0.753 bits per heavy atom. The first kappa shape index (κ1) is 78.4. The second-order valence-electron chi connectivity index (χ2n) is 24.5. The van der Waals surface area contributed by atoms with E-state index in [9.17, 15) is 14.4 Å². The first-order valence-corrected chi connectivity index (χ1v) is 36.1. The Balaban J connectivity index is 4.30. The van der Waals surface area contributed by atoms with Gasteiger partial charge in [0.25, 0.3) is 0 Å². The molecule has 0 aromatic heterocycles. The van der Waals surface area contributed by atoms with E-state index in [1.54, 1.807) is 0 Å². The summed E-state index contributed by atoms with van der Waals surface area (Å²) in [5.41, 5.74) is 0. The van der Waals surface area contributed by atoms with Crippen molar-refractivity contribution in [2.45, 2.75) is 399 Å². The molecule has 1 unspecified atom stereocenters. The molecule has 0 N–H and O–H groups in total. The van der Waals surface area contributed by atoms with Crippen molar-refractivity contribution in [1.29, 1.82) is 0 Å². The van der Waals surface area contributed by atoms with Gasteiger partial charge in [-0.3, -0.25) is 14.4 Å². The molecule has 474 valence electrons. The molecule has 0 aliphatic heterocycles. The Hall–Kier alpha value is -2.63. The van der Waals surface area contributed by atoms with Crippen molar-refractivity contribution in [2.24, 2.45) is 0 Å². The van der Waals surface area contributed by atoms with Gasteiger partial charge in [-0.15, -0.1) is 0 Å². The summed E-state index contributed by atoms with van der Waals surface area (Å²) in [7, 11) is 0. The van der Waals surface area contributed by atoms with Crippen LogP contribution in [0.15, 0.2) is 48.6 Å². The van der Waals surface area contributed by atoms with Gasteiger partial charge in [-0.25, -0.2) is 0 Å². The van der Waals surface area contributed by atoms with Crippen molar-refractivity contribution in [3.63, 3.8) is 0 Å². The monoisotopic (exact) mass is 1140 g/mol. The summed E-state index contributed by atoms with van der Waals surface area (Å²) >= 11 is 0. The lowest BCUT2D eigenvalue weighted by atomic mass is 10.0. The zero-order valence-electron chi connectivity index (χ0n) is 54.6. The van der Waals surface area contributed by atoms with Crippen LogP contribution < -0.4 is 0 Å². The molecule has 0 heterocycles. The van der Waals surface area contributed by atoms with Crippen molar-refractivity contribution in [2.75, 3.05) is 13.2 Å². The largest absolute Gasteiger partial charge is 0.462 e. The fraction of sp³-hybridized carbons (Fsp3) is 0.853. The van der Waals surface area contributed by atoms with E-state index < -0.39 is 6.10 Å². The van der Waals surface area contributed by atoms with E-state index >= 15 is 0 Å². The molecule has 81 heavy (non-hydrogen) atoms. The van der Waals surface area contributed by atoms with E-state index in [0.29, 0.717) is 19.3 Å². The van der Waals surface area contributed by atoms with E-state index in [2.05, 4.69) is 69.4 Å². The van der Waals surface area contributed by atoms with Gasteiger partial charge in [-0.2, -0.15) is 0 Å². The number of unbranched alkanes of at least 4 members (excludes halogenated alkanes) is 48. The Labute approximate surface area is 505 Å². The number of allylic oxidation sites excluding steroid dienone is 8. The molecular formula is C75H138O6. The molecular weight excluding hydrogens is 997 g/mol. The van der Waals surface area contributed by atoms with Crippen LogP contribution in [0.2, 0.25) is 0 Å². The summed E-state index contributed by atoms with van der Waals surface area (Å²) in [6, 6.07) is 0. The fourth-order valence-electron chi connectivity index (χ4n) is 11.0. The van der Waals surface area contributed by atoms with Crippen LogP contribution in [0, 0.1) is 0 Å². The topological polar surface area (TPSA) is 78.9 Å². The molecule has 6 heteroatoms. The molecule has 1 atom stereocenters. The summed E-state index contributed by atoms with van der Waals surface area (Å²) in [6.07, 6.45) is 88.6. The molecule has 0 aromatic rings. The first-order valence-electron chi connectivity index (χ1n) is 36.1. The second kappa shape index (κ2) is 69.9. The minimum atomic E-state index is -0.782. The first-order chi connectivity index (χ1) is 40.0. The van der Waals surface area contributed by atoms with Crippen LogP contribution in [0.4, 0.5) is 0 Å². The summed E-state index contributed by atoms with van der Waals surface area (Å²) < 4.78 is 17.0. The van der Waals surface area contributed by atoms with Crippen LogP contribution in [0.5, 0.6) is 0 Å². The Kier molecular flexibility index (Phi) is 67.6. The summed E-state index contributed by atoms with van der Waals surface area (Å²) in [6.45, 7) is 6.59. The van der Waals surface area contributed by atoms with E-state index in [1.165, 1.54) is 257 Å². The highest BCUT2D eigenvalue weighted by atomic mass is 16.6. The molecule has 0 bridgehead atoms. The van der Waals surface area contributed by atoms with Crippen LogP contribution in [0.3, 0.4) is 0 Å². The third-order valence-electron chi connectivity index (χ3n) is 16.3. The van der Waals surface area contributed by atoms with Gasteiger partial charge in [0.1, 0.15) is 13.2 Å². The smallest absolute Gasteiger partial charge is 0.306 e. The highest BCUT2D eigenvalue weighted by Crippen LogP contribution is 2.19. The molecule has 0 spiro atoms. The molecule has 0 fully saturated rings. The number of esters is 3. The molecule has 0 aromatic carbocycles. The van der Waals surface area contributed by atoms with Gasteiger partial charge in [-0.05, 0) is 57.8 Å². The number of carbonyl (C=O) groups excluding carboxylic acids is 3. The Morgan fingerprint density at radius 2 is 0.481 bits per heavy atom. The SMILES string of the molecule is CC/C=C\C/C=C\C/C=C\C/C=C\CCCCCCC(=O)OCC(COC(=O)CCCCCCCCCCCCCCCCCCCCCCCCCC)OC(=O)CCCCCCCCCCCCCCCCCCCCCCCC. The second-order valence-corrected chi connectivity index (χ2v) is 24.5. The number of hydrogen-bond acceptors (Lipinski definition) is 6. The van der Waals surface area contributed by atoms with Crippen LogP contribution >= 0.6 is 0 Å². The van der Waals surface area contributed by atoms with E-state index in [0.717, 1.165) is 96.3 Å². The van der Waals surface area contributed by atoms with Crippen molar-refractivity contribution in [3.8, 4) is 0 Å². The average Bonchev–Trinajstić information content (AvgIpc) is 3.47. The van der Waals surface area contributed by atoms with Crippen LogP contribution in [0.1, 0.15) is 393 Å². The average molecular weight is 1140 g/mol. The van der Waals surface area contributed by atoms with Crippen LogP contribution in [0.25, 0.3) is 0 Å². The normalized spacial score (nSPS) is 12.3. The third kappa shape index (κ3) is 68.0. The van der Waals surface area contributed by atoms with E-state index in [-0.39, 0.29) is 31.1 Å². The molecule has 0 rings (SSSR count). The lowest BCUT2D eigenvalue weighted by Gasteiger charge is -2.18. The Bertz CT molecular complexity index is 1400. The standard InChI is InChI=1S/C75H138O6/c1-4-7-10-13-16-19-22-25-28-31-33-35-37-38-40-41-44-47-50-53-56-59-62-65-68-74(77)80-71-72(70-79-73(76)67-64-61-58-55-52-49-46-43-30-27-24-21-18-15-12-9-6-3)81-75(78)69-66-63-60-57-54-51-48-45-42-39-36-34-32-29-26-23-20-17-14-11-8-5-2/h9,12,18,21,27,30,46,49,72H,4-8,10-11,13-17,19-20,22-26,28-29,31-45,47-48,50-71H2,1-3H3/b12-9-,21-18-,30-27-,49-46-. The molecule has 0 aliphatic carbocycles. The number of ether oxygens (including phenoxy) is 3. The van der Waals surface area contributed by atoms with Gasteiger partial charge in [0.05, 0.1) is 0 Å². The minimum absolute atomic E-state index is 0.0755. The molecule has 0 aliphatic rings. The quantitative estimate of drug-likeness (QED) is 0.0261. The maximum atomic E-state index is 13.0.